The van der Waals surface area contributed by atoms with Gasteiger partial charge < -0.3 is 0 Å². The monoisotopic (exact) mass is 613 g/mol. The number of aromatic nitrogens is 4. The molecular weight excluding hydrogens is 536 g/mol. The number of imidazole rings is 2. The fraction of sp³-hybridized carbons (Fsp3) is 0.850. The molecule has 0 aliphatic rings. The predicted molar refractivity (Wildman–Crippen MR) is 190 cm³/mol. The largest absolute Gasteiger partial charge is 0.243 e. The van der Waals surface area contributed by atoms with Gasteiger partial charge in [-0.25, -0.2) is 18.3 Å². The van der Waals surface area contributed by atoms with Gasteiger partial charge in [-0.15, -0.1) is 0 Å². The van der Waals surface area contributed by atoms with Crippen molar-refractivity contribution in [1.82, 2.24) is 9.13 Å². The lowest BCUT2D eigenvalue weighted by Gasteiger charge is -2.02. The quantitative estimate of drug-likeness (QED) is 0.0563. The van der Waals surface area contributed by atoms with Crippen molar-refractivity contribution >= 4 is 0 Å². The summed E-state index contributed by atoms with van der Waals surface area (Å²) in [5.74, 6) is 0. The van der Waals surface area contributed by atoms with E-state index in [9.17, 15) is 0 Å². The molecule has 0 fully saturated rings. The van der Waals surface area contributed by atoms with Crippen LogP contribution >= 0.6 is 0 Å². The summed E-state index contributed by atoms with van der Waals surface area (Å²) in [4.78, 5) is 0. The SMILES string of the molecule is CCCCCCCCCCCC[n+]1ccn(CCCCCCCCCCn2cc[n+](CCCCCCCCCCCC)c2)c1. The maximum Gasteiger partial charge on any atom is 0.243 e. The molecule has 0 N–H and O–H groups in total. The van der Waals surface area contributed by atoms with Crippen LogP contribution in [0.4, 0.5) is 0 Å². The van der Waals surface area contributed by atoms with Crippen molar-refractivity contribution in [2.75, 3.05) is 0 Å². The third-order valence-electron chi connectivity index (χ3n) is 9.61. The molecule has 0 aliphatic carbocycles. The molecule has 2 aromatic heterocycles. The van der Waals surface area contributed by atoms with Crippen LogP contribution < -0.4 is 9.13 Å². The van der Waals surface area contributed by atoms with E-state index < -0.39 is 0 Å². The van der Waals surface area contributed by atoms with Gasteiger partial charge in [-0.1, -0.05) is 142 Å². The molecule has 4 nitrogen and oxygen atoms in total. The van der Waals surface area contributed by atoms with Crippen LogP contribution in [-0.4, -0.2) is 9.13 Å². The van der Waals surface area contributed by atoms with Crippen LogP contribution in [0.15, 0.2) is 37.4 Å². The molecule has 0 bridgehead atoms. The Morgan fingerprint density at radius 2 is 0.614 bits per heavy atom. The third-order valence-corrected chi connectivity index (χ3v) is 9.61. The second-order valence-corrected chi connectivity index (χ2v) is 14.0. The smallest absolute Gasteiger partial charge is 0.237 e. The Balaban J connectivity index is 1.32. The van der Waals surface area contributed by atoms with Gasteiger partial charge in [0.25, 0.3) is 0 Å². The Morgan fingerprint density at radius 1 is 0.341 bits per heavy atom. The fourth-order valence-corrected chi connectivity index (χ4v) is 6.62. The van der Waals surface area contributed by atoms with Crippen molar-refractivity contribution in [2.24, 2.45) is 0 Å². The van der Waals surface area contributed by atoms with Crippen molar-refractivity contribution in [2.45, 2.75) is 220 Å². The molecule has 0 spiro atoms. The van der Waals surface area contributed by atoms with Gasteiger partial charge in [-0.05, 0) is 51.4 Å². The molecule has 0 atom stereocenters. The highest BCUT2D eigenvalue weighted by atomic mass is 15.1. The molecule has 254 valence electrons. The minimum atomic E-state index is 1.18. The van der Waals surface area contributed by atoms with Gasteiger partial charge in [0.1, 0.15) is 24.8 Å². The molecule has 2 heterocycles. The summed E-state index contributed by atoms with van der Waals surface area (Å²) in [6, 6.07) is 0. The first-order chi connectivity index (χ1) is 21.8. The van der Waals surface area contributed by atoms with Gasteiger partial charge >= 0.3 is 0 Å². The van der Waals surface area contributed by atoms with Crippen LogP contribution in [-0.2, 0) is 26.2 Å². The number of hydrogen-bond donors (Lipinski definition) is 0. The highest BCUT2D eigenvalue weighted by Crippen LogP contribution is 2.13. The van der Waals surface area contributed by atoms with Gasteiger partial charge in [0.05, 0.1) is 26.2 Å². The molecule has 0 saturated carbocycles. The van der Waals surface area contributed by atoms with E-state index in [0.717, 1.165) is 0 Å². The Hall–Kier alpha value is -1.58. The summed E-state index contributed by atoms with van der Waals surface area (Å²) >= 11 is 0. The van der Waals surface area contributed by atoms with Gasteiger partial charge in [0.2, 0.25) is 12.7 Å². The first-order valence-corrected chi connectivity index (χ1v) is 19.9. The summed E-state index contributed by atoms with van der Waals surface area (Å²) in [6.45, 7) is 9.34. The second kappa shape index (κ2) is 28.9. The predicted octanol–water partition coefficient (Wildman–Crippen LogP) is 11.5. The fourth-order valence-electron chi connectivity index (χ4n) is 6.62. The normalized spacial score (nSPS) is 11.6. The van der Waals surface area contributed by atoms with E-state index in [2.05, 4.69) is 69.6 Å². The van der Waals surface area contributed by atoms with Crippen molar-refractivity contribution in [3.63, 3.8) is 0 Å². The molecule has 0 saturated heterocycles. The van der Waals surface area contributed by atoms with Crippen molar-refractivity contribution in [3.8, 4) is 0 Å². The topological polar surface area (TPSA) is 17.6 Å². The average molecular weight is 613 g/mol. The summed E-state index contributed by atoms with van der Waals surface area (Å²) in [7, 11) is 0. The summed E-state index contributed by atoms with van der Waals surface area (Å²) in [5.41, 5.74) is 0. The lowest BCUT2D eigenvalue weighted by atomic mass is 10.1. The van der Waals surface area contributed by atoms with Gasteiger partial charge in [0.15, 0.2) is 0 Å². The number of hydrogen-bond acceptors (Lipinski definition) is 0. The van der Waals surface area contributed by atoms with Gasteiger partial charge in [-0.2, -0.15) is 0 Å². The Kier molecular flexibility index (Phi) is 25.3. The Labute approximate surface area is 275 Å². The standard InChI is InChI=1S/C40H76N4/c1-3-5-7-9-11-13-15-19-23-27-31-41-35-37-43(39-41)33-29-25-21-17-18-22-26-30-34-44-38-36-42(40-44)32-28-24-20-16-14-12-10-8-6-4-2/h35-40H,3-34H2,1-2H3/q+2. The zero-order chi connectivity index (χ0) is 31.2. The van der Waals surface area contributed by atoms with E-state index in [4.69, 9.17) is 0 Å². The van der Waals surface area contributed by atoms with Crippen LogP contribution in [0, 0.1) is 0 Å². The van der Waals surface area contributed by atoms with E-state index in [1.165, 1.54) is 206 Å². The summed E-state index contributed by atoms with van der Waals surface area (Å²) in [5, 5.41) is 0. The number of aryl methyl sites for hydroxylation is 4. The molecule has 0 aromatic carbocycles. The minimum Gasteiger partial charge on any atom is -0.237 e. The Morgan fingerprint density at radius 3 is 0.932 bits per heavy atom. The van der Waals surface area contributed by atoms with Crippen LogP contribution in [0.25, 0.3) is 0 Å². The second-order valence-electron chi connectivity index (χ2n) is 14.0. The number of unbranched alkanes of at least 4 members (excludes halogenated alkanes) is 25. The summed E-state index contributed by atoms with van der Waals surface area (Å²) in [6.07, 6.45) is 53.1. The van der Waals surface area contributed by atoms with Crippen molar-refractivity contribution < 1.29 is 9.13 Å². The van der Waals surface area contributed by atoms with Gasteiger partial charge in [-0.3, -0.25) is 0 Å². The van der Waals surface area contributed by atoms with Crippen LogP contribution in [0.2, 0.25) is 0 Å². The van der Waals surface area contributed by atoms with E-state index in [0.29, 0.717) is 0 Å². The number of nitrogens with zero attached hydrogens (tertiary/aromatic N) is 4. The van der Waals surface area contributed by atoms with E-state index in [-0.39, 0.29) is 0 Å². The molecule has 44 heavy (non-hydrogen) atoms. The first kappa shape index (κ1) is 38.6. The number of rotatable bonds is 33. The minimum absolute atomic E-state index is 1.18. The van der Waals surface area contributed by atoms with Gasteiger partial charge in [0, 0.05) is 0 Å². The molecule has 2 aromatic rings. The highest BCUT2D eigenvalue weighted by molar-refractivity contribution is 4.67. The maximum absolute atomic E-state index is 2.40. The van der Waals surface area contributed by atoms with E-state index >= 15 is 0 Å². The van der Waals surface area contributed by atoms with Crippen LogP contribution in [0.3, 0.4) is 0 Å². The third kappa shape index (κ3) is 22.0. The van der Waals surface area contributed by atoms with E-state index in [1.54, 1.807) is 0 Å². The molecular formula is C40H76N4+2. The maximum atomic E-state index is 2.40. The summed E-state index contributed by atoms with van der Waals surface area (Å²) < 4.78 is 9.60. The highest BCUT2D eigenvalue weighted by Gasteiger charge is 2.05. The molecule has 2 rings (SSSR count). The molecule has 0 unspecified atom stereocenters. The van der Waals surface area contributed by atoms with Crippen LogP contribution in [0.5, 0.6) is 0 Å². The zero-order valence-corrected chi connectivity index (χ0v) is 29.9. The lowest BCUT2D eigenvalue weighted by molar-refractivity contribution is -0.697. The molecule has 0 aliphatic heterocycles. The van der Waals surface area contributed by atoms with Crippen LogP contribution in [0.1, 0.15) is 194 Å². The van der Waals surface area contributed by atoms with E-state index in [1.807, 2.05) is 0 Å². The van der Waals surface area contributed by atoms with Crippen molar-refractivity contribution in [1.29, 1.82) is 0 Å². The lowest BCUT2D eigenvalue weighted by Crippen LogP contribution is -2.30. The molecule has 0 radical (unpaired) electrons. The first-order valence-electron chi connectivity index (χ1n) is 19.9. The molecule has 4 heteroatoms. The molecule has 0 amide bonds. The Bertz CT molecular complexity index is 783. The zero-order valence-electron chi connectivity index (χ0n) is 29.9. The van der Waals surface area contributed by atoms with Crippen molar-refractivity contribution in [3.05, 3.63) is 37.4 Å². The average Bonchev–Trinajstić information content (AvgIpc) is 3.69.